The molecule has 1 aromatic heterocycles. The number of hydrogen-bond acceptors (Lipinski definition) is 5. The molecule has 0 aliphatic heterocycles. The molecule has 6 heteroatoms. The minimum absolute atomic E-state index is 0.318. The molecule has 1 atom stereocenters. The summed E-state index contributed by atoms with van der Waals surface area (Å²) in [6.45, 7) is 3.36. The average molecular weight is 327 g/mol. The Kier molecular flexibility index (Phi) is 6.45. The molecule has 21 heavy (non-hydrogen) atoms. The Morgan fingerprint density at radius 3 is 2.81 bits per heavy atom. The topological polar surface area (TPSA) is 54.4 Å². The smallest absolute Gasteiger partial charge is 0.0945 e. The van der Waals surface area contributed by atoms with Gasteiger partial charge in [-0.1, -0.05) is 11.6 Å². The SMILES string of the molecule is Cc1ncsc1CCOCC(O)CNc1ccc(Cl)cc1. The van der Waals surface area contributed by atoms with Crippen LogP contribution in [0.1, 0.15) is 10.6 Å². The molecule has 0 radical (unpaired) electrons. The van der Waals surface area contributed by atoms with E-state index in [4.69, 9.17) is 16.3 Å². The van der Waals surface area contributed by atoms with E-state index in [1.165, 1.54) is 4.88 Å². The Morgan fingerprint density at radius 2 is 2.14 bits per heavy atom. The fourth-order valence-corrected chi connectivity index (χ4v) is 2.70. The molecule has 0 fully saturated rings. The highest BCUT2D eigenvalue weighted by Gasteiger charge is 2.05. The minimum atomic E-state index is -0.539. The van der Waals surface area contributed by atoms with E-state index in [0.717, 1.165) is 17.8 Å². The molecule has 2 aromatic rings. The third kappa shape index (κ3) is 5.63. The van der Waals surface area contributed by atoms with E-state index in [-0.39, 0.29) is 0 Å². The molecule has 1 unspecified atom stereocenters. The van der Waals surface area contributed by atoms with Gasteiger partial charge in [0, 0.05) is 28.6 Å². The molecule has 0 saturated heterocycles. The zero-order valence-corrected chi connectivity index (χ0v) is 13.5. The second kappa shape index (κ2) is 8.34. The monoisotopic (exact) mass is 326 g/mol. The van der Waals surface area contributed by atoms with E-state index < -0.39 is 6.10 Å². The molecule has 0 saturated carbocycles. The number of rotatable bonds is 8. The number of aliphatic hydroxyl groups excluding tert-OH is 1. The zero-order valence-electron chi connectivity index (χ0n) is 11.9. The minimum Gasteiger partial charge on any atom is -0.389 e. The molecular formula is C15H19ClN2O2S. The number of halogens is 1. The van der Waals surface area contributed by atoms with E-state index in [1.54, 1.807) is 11.3 Å². The fraction of sp³-hybridized carbons (Fsp3) is 0.400. The van der Waals surface area contributed by atoms with Crippen molar-refractivity contribution in [3.05, 3.63) is 45.4 Å². The Labute approximate surface area is 133 Å². The second-order valence-electron chi connectivity index (χ2n) is 4.73. The predicted octanol–water partition coefficient (Wildman–Crippen LogP) is 3.14. The Bertz CT molecular complexity index is 545. The highest BCUT2D eigenvalue weighted by atomic mass is 35.5. The van der Waals surface area contributed by atoms with Gasteiger partial charge in [0.2, 0.25) is 0 Å². The maximum atomic E-state index is 9.85. The molecule has 0 aliphatic carbocycles. The predicted molar refractivity (Wildman–Crippen MR) is 87.3 cm³/mol. The molecular weight excluding hydrogens is 308 g/mol. The van der Waals surface area contributed by atoms with Crippen molar-refractivity contribution in [1.29, 1.82) is 0 Å². The number of anilines is 1. The van der Waals surface area contributed by atoms with Crippen LogP contribution < -0.4 is 5.32 Å². The quantitative estimate of drug-likeness (QED) is 0.732. The maximum Gasteiger partial charge on any atom is 0.0945 e. The van der Waals surface area contributed by atoms with Crippen LogP contribution in [0.4, 0.5) is 5.69 Å². The van der Waals surface area contributed by atoms with Crippen LogP contribution >= 0.6 is 22.9 Å². The summed E-state index contributed by atoms with van der Waals surface area (Å²) in [7, 11) is 0. The van der Waals surface area contributed by atoms with Gasteiger partial charge in [0.25, 0.3) is 0 Å². The Balaban J connectivity index is 1.60. The Morgan fingerprint density at radius 1 is 1.38 bits per heavy atom. The fourth-order valence-electron chi connectivity index (χ4n) is 1.81. The van der Waals surface area contributed by atoms with Gasteiger partial charge < -0.3 is 15.2 Å². The molecule has 114 valence electrons. The summed E-state index contributed by atoms with van der Waals surface area (Å²) in [5.74, 6) is 0. The van der Waals surface area contributed by atoms with Crippen molar-refractivity contribution in [3.63, 3.8) is 0 Å². The van der Waals surface area contributed by atoms with Crippen molar-refractivity contribution in [2.75, 3.05) is 25.1 Å². The average Bonchev–Trinajstić information content (AvgIpc) is 2.88. The number of ether oxygens (including phenoxy) is 1. The molecule has 0 bridgehead atoms. The van der Waals surface area contributed by atoms with E-state index in [0.29, 0.717) is 24.8 Å². The lowest BCUT2D eigenvalue weighted by molar-refractivity contribution is 0.0449. The van der Waals surface area contributed by atoms with E-state index in [9.17, 15) is 5.11 Å². The van der Waals surface area contributed by atoms with E-state index in [1.807, 2.05) is 36.7 Å². The van der Waals surface area contributed by atoms with Gasteiger partial charge in [-0.15, -0.1) is 11.3 Å². The number of aromatic nitrogens is 1. The van der Waals surface area contributed by atoms with E-state index >= 15 is 0 Å². The maximum absolute atomic E-state index is 9.85. The van der Waals surface area contributed by atoms with Gasteiger partial charge in [-0.2, -0.15) is 0 Å². The van der Waals surface area contributed by atoms with Crippen LogP contribution in [0.15, 0.2) is 29.8 Å². The third-order valence-corrected chi connectivity index (χ3v) is 4.26. The lowest BCUT2D eigenvalue weighted by atomic mass is 10.3. The van der Waals surface area contributed by atoms with Crippen molar-refractivity contribution >= 4 is 28.6 Å². The first-order valence-electron chi connectivity index (χ1n) is 6.79. The van der Waals surface area contributed by atoms with Gasteiger partial charge in [0.1, 0.15) is 0 Å². The molecule has 4 nitrogen and oxygen atoms in total. The number of aliphatic hydroxyl groups is 1. The van der Waals surface area contributed by atoms with Gasteiger partial charge >= 0.3 is 0 Å². The first-order chi connectivity index (χ1) is 10.1. The third-order valence-electron chi connectivity index (χ3n) is 3.01. The van der Waals surface area contributed by atoms with Crippen LogP contribution in [0.5, 0.6) is 0 Å². The molecule has 1 aromatic carbocycles. The zero-order chi connectivity index (χ0) is 15.1. The van der Waals surface area contributed by atoms with E-state index in [2.05, 4.69) is 10.3 Å². The molecule has 0 aliphatic rings. The molecule has 2 N–H and O–H groups in total. The van der Waals surface area contributed by atoms with Crippen molar-refractivity contribution in [2.45, 2.75) is 19.4 Å². The second-order valence-corrected chi connectivity index (χ2v) is 6.10. The highest BCUT2D eigenvalue weighted by molar-refractivity contribution is 7.09. The lowest BCUT2D eigenvalue weighted by Gasteiger charge is -2.13. The number of nitrogens with one attached hydrogen (secondary N) is 1. The standard InChI is InChI=1S/C15H19ClN2O2S/c1-11-15(21-10-18-11)6-7-20-9-14(19)8-17-13-4-2-12(16)3-5-13/h2-5,10,14,17,19H,6-9H2,1H3. The van der Waals surface area contributed by atoms with Crippen LogP contribution in [0.3, 0.4) is 0 Å². The summed E-state index contributed by atoms with van der Waals surface area (Å²) in [6, 6.07) is 7.37. The number of nitrogens with zero attached hydrogens (tertiary/aromatic N) is 1. The van der Waals surface area contributed by atoms with Crippen molar-refractivity contribution < 1.29 is 9.84 Å². The molecule has 2 rings (SSSR count). The Hall–Kier alpha value is -1.14. The summed E-state index contributed by atoms with van der Waals surface area (Å²) in [5.41, 5.74) is 3.84. The van der Waals surface area contributed by atoms with Crippen molar-refractivity contribution in [2.24, 2.45) is 0 Å². The summed E-state index contributed by atoms with van der Waals surface area (Å²) in [4.78, 5) is 5.43. The number of benzene rings is 1. The summed E-state index contributed by atoms with van der Waals surface area (Å²) in [5, 5.41) is 13.7. The van der Waals surface area contributed by atoms with Crippen molar-refractivity contribution in [1.82, 2.24) is 4.98 Å². The summed E-state index contributed by atoms with van der Waals surface area (Å²) >= 11 is 7.45. The van der Waals surface area contributed by atoms with Crippen molar-refractivity contribution in [3.8, 4) is 0 Å². The summed E-state index contributed by atoms with van der Waals surface area (Å²) in [6.07, 6.45) is 0.302. The normalized spacial score (nSPS) is 12.3. The number of thiazole rings is 1. The molecule has 1 heterocycles. The molecule has 0 amide bonds. The van der Waals surface area contributed by atoms with Crippen LogP contribution in [-0.2, 0) is 11.2 Å². The number of aryl methyl sites for hydroxylation is 1. The summed E-state index contributed by atoms with van der Waals surface area (Å²) < 4.78 is 5.50. The van der Waals surface area contributed by atoms with Gasteiger partial charge in [0.15, 0.2) is 0 Å². The lowest BCUT2D eigenvalue weighted by Crippen LogP contribution is -2.25. The largest absolute Gasteiger partial charge is 0.389 e. The van der Waals surface area contributed by atoms with Crippen LogP contribution in [0.2, 0.25) is 5.02 Å². The van der Waals surface area contributed by atoms with Crippen LogP contribution in [0.25, 0.3) is 0 Å². The first-order valence-corrected chi connectivity index (χ1v) is 8.05. The van der Waals surface area contributed by atoms with Gasteiger partial charge in [-0.25, -0.2) is 4.98 Å². The highest BCUT2D eigenvalue weighted by Crippen LogP contribution is 2.14. The number of hydrogen-bond donors (Lipinski definition) is 2. The van der Waals surface area contributed by atoms with Crippen LogP contribution in [-0.4, -0.2) is 36.0 Å². The first kappa shape index (κ1) is 16.2. The molecule has 0 spiro atoms. The van der Waals surface area contributed by atoms with Crippen LogP contribution in [0, 0.1) is 6.92 Å². The van der Waals surface area contributed by atoms with Gasteiger partial charge in [-0.05, 0) is 31.2 Å². The van der Waals surface area contributed by atoms with Gasteiger partial charge in [-0.3, -0.25) is 0 Å². The van der Waals surface area contributed by atoms with Gasteiger partial charge in [0.05, 0.1) is 30.5 Å².